The summed E-state index contributed by atoms with van der Waals surface area (Å²) in [6.07, 6.45) is 2.13. The van der Waals surface area contributed by atoms with Gasteiger partial charge in [-0.1, -0.05) is 36.8 Å². The third kappa shape index (κ3) is 4.56. The smallest absolute Gasteiger partial charge is 0.272 e. The van der Waals surface area contributed by atoms with E-state index in [2.05, 4.69) is 53.4 Å². The van der Waals surface area contributed by atoms with Crippen molar-refractivity contribution < 1.29 is 4.79 Å². The number of benzene rings is 1. The van der Waals surface area contributed by atoms with E-state index in [1.54, 1.807) is 6.07 Å². The molecule has 2 heterocycles. The van der Waals surface area contributed by atoms with Crippen molar-refractivity contribution in [3.63, 3.8) is 0 Å². The van der Waals surface area contributed by atoms with E-state index in [1.807, 2.05) is 11.8 Å². The molecule has 0 unspecified atom stereocenters. The van der Waals surface area contributed by atoms with Crippen molar-refractivity contribution in [1.29, 1.82) is 0 Å². The van der Waals surface area contributed by atoms with Crippen molar-refractivity contribution in [2.45, 2.75) is 40.2 Å². The van der Waals surface area contributed by atoms with Gasteiger partial charge in [0.1, 0.15) is 17.3 Å². The fourth-order valence-corrected chi connectivity index (χ4v) is 3.04. The van der Waals surface area contributed by atoms with Gasteiger partial charge >= 0.3 is 0 Å². The fourth-order valence-electron chi connectivity index (χ4n) is 3.04. The Labute approximate surface area is 149 Å². The Balaban J connectivity index is 1.69. The number of piperidine rings is 1. The molecular formula is C20H26N4O. The third-order valence-electron chi connectivity index (χ3n) is 4.72. The quantitative estimate of drug-likeness (QED) is 0.926. The van der Waals surface area contributed by atoms with Crippen LogP contribution in [-0.2, 0) is 6.54 Å². The van der Waals surface area contributed by atoms with E-state index >= 15 is 0 Å². The molecule has 5 nitrogen and oxygen atoms in total. The van der Waals surface area contributed by atoms with Gasteiger partial charge < -0.3 is 10.2 Å². The van der Waals surface area contributed by atoms with E-state index in [-0.39, 0.29) is 5.91 Å². The minimum Gasteiger partial charge on any atom is -0.366 e. The highest BCUT2D eigenvalue weighted by Gasteiger charge is 2.23. The Morgan fingerprint density at radius 3 is 2.52 bits per heavy atom. The molecule has 0 bridgehead atoms. The Hall–Kier alpha value is -2.43. The lowest BCUT2D eigenvalue weighted by Gasteiger charge is -2.30. The van der Waals surface area contributed by atoms with Gasteiger partial charge in [-0.05, 0) is 38.2 Å². The molecule has 0 spiro atoms. The second-order valence-electron chi connectivity index (χ2n) is 7.00. The second kappa shape index (κ2) is 7.64. The lowest BCUT2D eigenvalue weighted by molar-refractivity contribution is 0.0691. The minimum atomic E-state index is 0.00999. The first-order chi connectivity index (χ1) is 12.0. The SMILES string of the molecule is Cc1ccc(CNc2cc(C(=O)N3CCC(C)CC3)nc(C)n2)cc1. The number of anilines is 1. The normalized spacial score (nSPS) is 15.2. The molecule has 0 aliphatic carbocycles. The lowest BCUT2D eigenvalue weighted by atomic mass is 9.99. The second-order valence-corrected chi connectivity index (χ2v) is 7.00. The molecule has 1 saturated heterocycles. The highest BCUT2D eigenvalue weighted by molar-refractivity contribution is 5.93. The highest BCUT2D eigenvalue weighted by Crippen LogP contribution is 2.18. The van der Waals surface area contributed by atoms with Crippen LogP contribution < -0.4 is 5.32 Å². The van der Waals surface area contributed by atoms with Crippen LogP contribution in [0.5, 0.6) is 0 Å². The van der Waals surface area contributed by atoms with Crippen molar-refractivity contribution in [2.75, 3.05) is 18.4 Å². The van der Waals surface area contributed by atoms with Crippen LogP contribution in [0.15, 0.2) is 30.3 Å². The number of rotatable bonds is 4. The maximum atomic E-state index is 12.7. The number of nitrogens with one attached hydrogen (secondary N) is 1. The molecule has 1 fully saturated rings. The van der Waals surface area contributed by atoms with Crippen molar-refractivity contribution in [1.82, 2.24) is 14.9 Å². The average molecular weight is 338 g/mol. The third-order valence-corrected chi connectivity index (χ3v) is 4.72. The number of carbonyl (C=O) groups is 1. The predicted molar refractivity (Wildman–Crippen MR) is 99.6 cm³/mol. The summed E-state index contributed by atoms with van der Waals surface area (Å²) in [6, 6.07) is 10.1. The molecule has 0 saturated carbocycles. The summed E-state index contributed by atoms with van der Waals surface area (Å²) in [4.78, 5) is 23.4. The van der Waals surface area contributed by atoms with Crippen LogP contribution in [0.3, 0.4) is 0 Å². The van der Waals surface area contributed by atoms with Crippen molar-refractivity contribution in [3.05, 3.63) is 53.0 Å². The molecule has 132 valence electrons. The topological polar surface area (TPSA) is 58.1 Å². The zero-order chi connectivity index (χ0) is 17.8. The van der Waals surface area contributed by atoms with Crippen LogP contribution in [0.1, 0.15) is 47.2 Å². The first-order valence-corrected chi connectivity index (χ1v) is 8.95. The highest BCUT2D eigenvalue weighted by atomic mass is 16.2. The van der Waals surface area contributed by atoms with Crippen molar-refractivity contribution >= 4 is 11.7 Å². The molecule has 5 heteroatoms. The van der Waals surface area contributed by atoms with E-state index in [0.29, 0.717) is 29.8 Å². The number of hydrogen-bond acceptors (Lipinski definition) is 4. The van der Waals surface area contributed by atoms with Gasteiger partial charge in [-0.2, -0.15) is 0 Å². The molecule has 1 aromatic carbocycles. The van der Waals surface area contributed by atoms with Gasteiger partial charge in [0.15, 0.2) is 0 Å². The number of hydrogen-bond donors (Lipinski definition) is 1. The molecule has 1 N–H and O–H groups in total. The first-order valence-electron chi connectivity index (χ1n) is 8.95. The maximum Gasteiger partial charge on any atom is 0.272 e. The number of amides is 1. The summed E-state index contributed by atoms with van der Waals surface area (Å²) >= 11 is 0. The van der Waals surface area contributed by atoms with Crippen LogP contribution in [0.25, 0.3) is 0 Å². The van der Waals surface area contributed by atoms with Crippen LogP contribution in [0, 0.1) is 19.8 Å². The molecule has 1 amide bonds. The summed E-state index contributed by atoms with van der Waals surface area (Å²) in [6.45, 7) is 8.44. The molecule has 0 atom stereocenters. The molecular weight excluding hydrogens is 312 g/mol. The number of aromatic nitrogens is 2. The van der Waals surface area contributed by atoms with E-state index in [4.69, 9.17) is 0 Å². The Morgan fingerprint density at radius 1 is 1.16 bits per heavy atom. The van der Waals surface area contributed by atoms with E-state index in [0.717, 1.165) is 25.9 Å². The van der Waals surface area contributed by atoms with Gasteiger partial charge in [-0.15, -0.1) is 0 Å². The van der Waals surface area contributed by atoms with Gasteiger partial charge in [0.25, 0.3) is 5.91 Å². The van der Waals surface area contributed by atoms with E-state index in [9.17, 15) is 4.79 Å². The lowest BCUT2D eigenvalue weighted by Crippen LogP contribution is -2.38. The van der Waals surface area contributed by atoms with Crippen molar-refractivity contribution in [3.8, 4) is 0 Å². The number of likely N-dealkylation sites (tertiary alicyclic amines) is 1. The Morgan fingerprint density at radius 2 is 1.84 bits per heavy atom. The fraction of sp³-hybridized carbons (Fsp3) is 0.450. The number of nitrogens with zero attached hydrogens (tertiary/aromatic N) is 3. The van der Waals surface area contributed by atoms with Crippen LogP contribution in [0.2, 0.25) is 0 Å². The van der Waals surface area contributed by atoms with Gasteiger partial charge in [0.2, 0.25) is 0 Å². The largest absolute Gasteiger partial charge is 0.366 e. The maximum absolute atomic E-state index is 12.7. The van der Waals surface area contributed by atoms with Gasteiger partial charge in [-0.3, -0.25) is 4.79 Å². The monoisotopic (exact) mass is 338 g/mol. The van der Waals surface area contributed by atoms with Crippen LogP contribution >= 0.6 is 0 Å². The Bertz CT molecular complexity index is 734. The number of aryl methyl sites for hydroxylation is 2. The van der Waals surface area contributed by atoms with Gasteiger partial charge in [0, 0.05) is 25.7 Å². The summed E-state index contributed by atoms with van der Waals surface area (Å²) < 4.78 is 0. The average Bonchev–Trinajstić information content (AvgIpc) is 2.61. The summed E-state index contributed by atoms with van der Waals surface area (Å²) in [5.41, 5.74) is 2.90. The summed E-state index contributed by atoms with van der Waals surface area (Å²) in [5, 5.41) is 3.30. The van der Waals surface area contributed by atoms with Gasteiger partial charge in [-0.25, -0.2) is 9.97 Å². The molecule has 2 aromatic rings. The van der Waals surface area contributed by atoms with Gasteiger partial charge in [0.05, 0.1) is 0 Å². The molecule has 1 aromatic heterocycles. The first kappa shape index (κ1) is 17.4. The Kier molecular flexibility index (Phi) is 5.31. The number of carbonyl (C=O) groups excluding carboxylic acids is 1. The minimum absolute atomic E-state index is 0.00999. The zero-order valence-corrected chi connectivity index (χ0v) is 15.2. The standard InChI is InChI=1S/C20H26N4O/c1-14-4-6-17(7-5-14)13-21-19-12-18(22-16(3)23-19)20(25)24-10-8-15(2)9-11-24/h4-7,12,15H,8-11,13H2,1-3H3,(H,21,22,23). The van der Waals surface area contributed by atoms with Crippen LogP contribution in [-0.4, -0.2) is 33.9 Å². The molecule has 25 heavy (non-hydrogen) atoms. The molecule has 1 aliphatic rings. The van der Waals surface area contributed by atoms with Crippen LogP contribution in [0.4, 0.5) is 5.82 Å². The van der Waals surface area contributed by atoms with Crippen molar-refractivity contribution in [2.24, 2.45) is 5.92 Å². The molecule has 1 aliphatic heterocycles. The molecule has 3 rings (SSSR count). The summed E-state index contributed by atoms with van der Waals surface area (Å²) in [5.74, 6) is 2.02. The predicted octanol–water partition coefficient (Wildman–Crippen LogP) is 3.58. The van der Waals surface area contributed by atoms with E-state index in [1.165, 1.54) is 11.1 Å². The van der Waals surface area contributed by atoms with E-state index < -0.39 is 0 Å². The molecule has 0 radical (unpaired) electrons. The zero-order valence-electron chi connectivity index (χ0n) is 15.2. The summed E-state index contributed by atoms with van der Waals surface area (Å²) in [7, 11) is 0.